The maximum absolute atomic E-state index is 12.0. The summed E-state index contributed by atoms with van der Waals surface area (Å²) >= 11 is 1.16. The van der Waals surface area contributed by atoms with Crippen LogP contribution in [0.25, 0.3) is 0 Å². The number of hydrogen-bond donors (Lipinski definition) is 1. The van der Waals surface area contributed by atoms with Crippen molar-refractivity contribution < 1.29 is 38.4 Å². The first-order chi connectivity index (χ1) is 8.66. The summed E-state index contributed by atoms with van der Waals surface area (Å²) in [5.74, 6) is 0. The number of hydrogen-bond acceptors (Lipinski definition) is 3. The second-order valence-corrected chi connectivity index (χ2v) is 4.92. The number of benzene rings is 1. The minimum absolute atomic E-state index is 0. The molecule has 0 radical (unpaired) electrons. The third kappa shape index (κ3) is 4.59. The Morgan fingerprint density at radius 3 is 2.53 bits per heavy atom. The molecule has 1 aromatic heterocycles. The number of halogens is 1. The minimum Gasteiger partial charge on any atom is -1.00 e. The number of aliphatic hydroxyl groups excluding tert-OH is 1. The predicted octanol–water partition coefficient (Wildman–Crippen LogP) is -0.579. The van der Waals surface area contributed by atoms with Gasteiger partial charge in [0.05, 0.1) is 4.90 Å². The predicted molar refractivity (Wildman–Crippen MR) is 70.2 cm³/mol. The monoisotopic (exact) mass is 387 g/mol. The van der Waals surface area contributed by atoms with Crippen LogP contribution in [0.3, 0.4) is 0 Å². The van der Waals surface area contributed by atoms with E-state index >= 15 is 0 Å². The number of rotatable bonds is 3. The van der Waals surface area contributed by atoms with Gasteiger partial charge in [0.2, 0.25) is 5.12 Å². The van der Waals surface area contributed by atoms with Gasteiger partial charge in [-0.15, -0.1) is 0 Å². The lowest BCUT2D eigenvalue weighted by Gasteiger charge is -2.02. The van der Waals surface area contributed by atoms with Crippen LogP contribution in [0.2, 0.25) is 0 Å². The molecule has 0 bridgehead atoms. The summed E-state index contributed by atoms with van der Waals surface area (Å²) in [5, 5.41) is 9.47. The summed E-state index contributed by atoms with van der Waals surface area (Å²) in [6, 6.07) is 12.8. The average molecular weight is 387 g/mol. The Balaban J connectivity index is 0.00000180. The molecule has 5 heteroatoms. The van der Waals surface area contributed by atoms with Gasteiger partial charge in [-0.3, -0.25) is 4.79 Å². The molecule has 2 aromatic rings. The Labute approximate surface area is 133 Å². The molecule has 0 amide bonds. The van der Waals surface area contributed by atoms with Crippen LogP contribution in [0.15, 0.2) is 59.8 Å². The Bertz CT molecular complexity index is 546. The molecule has 1 atom stereocenters. The van der Waals surface area contributed by atoms with Gasteiger partial charge >= 0.3 is 0 Å². The van der Waals surface area contributed by atoms with E-state index in [-0.39, 0.29) is 29.1 Å². The molecule has 3 nitrogen and oxygen atoms in total. The molecule has 0 aliphatic rings. The van der Waals surface area contributed by atoms with Crippen LogP contribution < -0.4 is 28.5 Å². The maximum atomic E-state index is 12.0. The summed E-state index contributed by atoms with van der Waals surface area (Å²) in [4.78, 5) is 12.8. The molecule has 1 unspecified atom stereocenters. The summed E-state index contributed by atoms with van der Waals surface area (Å²) in [6.45, 7) is 1.67. The SMILES string of the molecule is CC(O)[n+]1cccc(SC(=O)c2ccccc2)c1.[I-]. The zero-order chi connectivity index (χ0) is 13.0. The zero-order valence-electron chi connectivity index (χ0n) is 10.4. The zero-order valence-corrected chi connectivity index (χ0v) is 13.3. The van der Waals surface area contributed by atoms with Crippen LogP contribution in [-0.2, 0) is 0 Å². The van der Waals surface area contributed by atoms with Gasteiger partial charge in [0.1, 0.15) is 0 Å². The molecule has 0 aliphatic carbocycles. The molecule has 1 aromatic carbocycles. The van der Waals surface area contributed by atoms with Crippen molar-refractivity contribution in [3.8, 4) is 0 Å². The molecule has 0 fully saturated rings. The first-order valence-electron chi connectivity index (χ1n) is 5.63. The van der Waals surface area contributed by atoms with Crippen LogP contribution in [0.5, 0.6) is 0 Å². The number of carbonyl (C=O) groups excluding carboxylic acids is 1. The van der Waals surface area contributed by atoms with E-state index in [9.17, 15) is 9.90 Å². The third-order valence-corrected chi connectivity index (χ3v) is 3.34. The van der Waals surface area contributed by atoms with E-state index in [0.717, 1.165) is 16.7 Å². The molecule has 2 rings (SSSR count). The highest BCUT2D eigenvalue weighted by Gasteiger charge is 2.12. The number of pyridine rings is 1. The summed E-state index contributed by atoms with van der Waals surface area (Å²) in [5.41, 5.74) is 0.676. The standard InChI is InChI=1S/C14H14NO2S.HI/c1-11(16)15-9-5-8-13(10-15)18-14(17)12-6-3-2-4-7-12;/h2-11,16H,1H3;1H/q+1;/p-1. The largest absolute Gasteiger partial charge is 1.00 e. The molecular formula is C14H14INO2S. The summed E-state index contributed by atoms with van der Waals surface area (Å²) in [6.07, 6.45) is 2.93. The van der Waals surface area contributed by atoms with Crippen molar-refractivity contribution in [2.24, 2.45) is 0 Å². The van der Waals surface area contributed by atoms with Gasteiger partial charge in [0.15, 0.2) is 12.4 Å². The average Bonchev–Trinajstić information content (AvgIpc) is 2.40. The van der Waals surface area contributed by atoms with E-state index in [1.165, 1.54) is 0 Å². The molecule has 1 heterocycles. The molecule has 0 spiro atoms. The Morgan fingerprint density at radius 2 is 1.89 bits per heavy atom. The smallest absolute Gasteiger partial charge is 0.257 e. The lowest BCUT2D eigenvalue weighted by atomic mass is 10.2. The van der Waals surface area contributed by atoms with E-state index in [1.54, 1.807) is 36.0 Å². The van der Waals surface area contributed by atoms with Gasteiger partial charge in [0, 0.05) is 18.6 Å². The highest BCUT2D eigenvalue weighted by molar-refractivity contribution is 8.14. The van der Waals surface area contributed by atoms with Crippen molar-refractivity contribution in [2.45, 2.75) is 18.0 Å². The number of thioether (sulfide) groups is 1. The van der Waals surface area contributed by atoms with Crippen LogP contribution in [-0.4, -0.2) is 10.2 Å². The van der Waals surface area contributed by atoms with Gasteiger partial charge in [-0.2, -0.15) is 4.57 Å². The van der Waals surface area contributed by atoms with Crippen LogP contribution in [0, 0.1) is 0 Å². The fourth-order valence-electron chi connectivity index (χ4n) is 1.50. The van der Waals surface area contributed by atoms with E-state index in [1.807, 2.05) is 30.3 Å². The van der Waals surface area contributed by atoms with Crippen LogP contribution >= 0.6 is 11.8 Å². The fourth-order valence-corrected chi connectivity index (χ4v) is 2.29. The summed E-state index contributed by atoms with van der Waals surface area (Å²) < 4.78 is 1.65. The van der Waals surface area contributed by atoms with E-state index in [2.05, 4.69) is 0 Å². The quantitative estimate of drug-likeness (QED) is 0.436. The third-order valence-electron chi connectivity index (χ3n) is 2.45. The number of nitrogens with zero attached hydrogens (tertiary/aromatic N) is 1. The topological polar surface area (TPSA) is 41.2 Å². The van der Waals surface area contributed by atoms with Crippen molar-refractivity contribution in [3.63, 3.8) is 0 Å². The Hall–Kier alpha value is -0.920. The fraction of sp³-hybridized carbons (Fsp3) is 0.143. The molecule has 19 heavy (non-hydrogen) atoms. The molecule has 100 valence electrons. The highest BCUT2D eigenvalue weighted by atomic mass is 127. The lowest BCUT2D eigenvalue weighted by Crippen LogP contribution is -3.00. The maximum Gasteiger partial charge on any atom is 0.257 e. The molecule has 0 saturated heterocycles. The second-order valence-electron chi connectivity index (χ2n) is 3.87. The van der Waals surface area contributed by atoms with Gasteiger partial charge < -0.3 is 29.1 Å². The normalized spacial score (nSPS) is 11.5. The van der Waals surface area contributed by atoms with Gasteiger partial charge in [-0.05, 0) is 17.8 Å². The second kappa shape index (κ2) is 7.62. The van der Waals surface area contributed by atoms with Gasteiger partial charge in [-0.25, -0.2) is 0 Å². The summed E-state index contributed by atoms with van der Waals surface area (Å²) in [7, 11) is 0. The van der Waals surface area contributed by atoms with Gasteiger partial charge in [0.25, 0.3) is 6.23 Å². The van der Waals surface area contributed by atoms with E-state index in [4.69, 9.17) is 0 Å². The minimum atomic E-state index is -0.600. The van der Waals surface area contributed by atoms with Crippen molar-refractivity contribution in [1.29, 1.82) is 0 Å². The highest BCUT2D eigenvalue weighted by Crippen LogP contribution is 2.21. The number of aliphatic hydroxyl groups is 1. The molecular weight excluding hydrogens is 373 g/mol. The van der Waals surface area contributed by atoms with Crippen molar-refractivity contribution in [3.05, 3.63) is 60.4 Å². The molecule has 0 aliphatic heterocycles. The first kappa shape index (κ1) is 16.1. The van der Waals surface area contributed by atoms with Crippen LogP contribution in [0.4, 0.5) is 0 Å². The van der Waals surface area contributed by atoms with Crippen LogP contribution in [0.1, 0.15) is 23.5 Å². The Kier molecular flexibility index (Phi) is 6.47. The van der Waals surface area contributed by atoms with Crippen molar-refractivity contribution in [1.82, 2.24) is 0 Å². The van der Waals surface area contributed by atoms with E-state index in [0.29, 0.717) is 5.56 Å². The Morgan fingerprint density at radius 1 is 1.21 bits per heavy atom. The molecule has 1 N–H and O–H groups in total. The van der Waals surface area contributed by atoms with Gasteiger partial charge in [-0.1, -0.05) is 30.3 Å². The van der Waals surface area contributed by atoms with Crippen molar-refractivity contribution in [2.75, 3.05) is 0 Å². The number of aromatic nitrogens is 1. The lowest BCUT2D eigenvalue weighted by molar-refractivity contribution is -0.757. The van der Waals surface area contributed by atoms with E-state index < -0.39 is 6.23 Å². The number of carbonyl (C=O) groups is 1. The first-order valence-corrected chi connectivity index (χ1v) is 6.44. The molecule has 0 saturated carbocycles. The van der Waals surface area contributed by atoms with Crippen molar-refractivity contribution >= 4 is 16.9 Å².